The van der Waals surface area contributed by atoms with E-state index in [1.807, 2.05) is 0 Å². The van der Waals surface area contributed by atoms with Gasteiger partial charge in [0.05, 0.1) is 0 Å². The summed E-state index contributed by atoms with van der Waals surface area (Å²) in [6.45, 7) is 0. The molecule has 0 amide bonds. The average molecular weight is 210 g/mol. The molecule has 1 nitrogen and oxygen atoms in total. The highest BCUT2D eigenvalue weighted by Gasteiger charge is 2.25. The van der Waals surface area contributed by atoms with Crippen molar-refractivity contribution in [2.24, 2.45) is 0 Å². The Morgan fingerprint density at radius 2 is 1.60 bits per heavy atom. The summed E-state index contributed by atoms with van der Waals surface area (Å²) in [6, 6.07) is 5.75. The molecule has 2 rings (SSSR count). The molecule has 0 bridgehead atoms. The molecular formula is C10H6BF3O. The Hall–Kier alpha value is -1.65. The standard InChI is InChI=1S/C10H6BF3O/c12-8-10(14)15-9(13)7(11-8)6-4-2-1-3-5-6/h1-5,11H. The highest BCUT2D eigenvalue weighted by Crippen LogP contribution is 2.30. The maximum Gasteiger partial charge on any atom is 0.302 e. The number of halogens is 3. The number of hydrogen-bond donors (Lipinski definition) is 0. The summed E-state index contributed by atoms with van der Waals surface area (Å²) < 4.78 is 42.6. The van der Waals surface area contributed by atoms with Gasteiger partial charge in [-0.15, -0.1) is 0 Å². The first kappa shape index (κ1) is 9.89. The molecule has 1 aromatic carbocycles. The summed E-state index contributed by atoms with van der Waals surface area (Å²) in [5.41, 5.74) is -0.581. The first-order valence-electron chi connectivity index (χ1n) is 4.34. The average Bonchev–Trinajstić information content (AvgIpc) is 2.25. The van der Waals surface area contributed by atoms with Crippen molar-refractivity contribution >= 4 is 12.8 Å². The van der Waals surface area contributed by atoms with Crippen LogP contribution in [0.25, 0.3) is 5.47 Å². The lowest BCUT2D eigenvalue weighted by molar-refractivity contribution is 0.147. The Kier molecular flexibility index (Phi) is 2.54. The van der Waals surface area contributed by atoms with Crippen LogP contribution in [0.5, 0.6) is 0 Å². The third-order valence-corrected chi connectivity index (χ3v) is 2.08. The molecular weight excluding hydrogens is 204 g/mol. The zero-order valence-electron chi connectivity index (χ0n) is 7.64. The molecule has 1 aliphatic heterocycles. The molecule has 0 saturated carbocycles. The topological polar surface area (TPSA) is 9.23 Å². The van der Waals surface area contributed by atoms with Gasteiger partial charge in [-0.2, -0.15) is 8.78 Å². The summed E-state index contributed by atoms with van der Waals surface area (Å²) >= 11 is 0. The SMILES string of the molecule is FC1=C(F)OC(F)=C(c2ccccc2)B1. The number of hydrogen-bond acceptors (Lipinski definition) is 1. The molecule has 0 spiro atoms. The van der Waals surface area contributed by atoms with E-state index in [-0.39, 0.29) is 5.47 Å². The molecule has 15 heavy (non-hydrogen) atoms. The largest absolute Gasteiger partial charge is 0.403 e. The van der Waals surface area contributed by atoms with Crippen molar-refractivity contribution < 1.29 is 17.9 Å². The molecule has 0 aromatic heterocycles. The minimum Gasteiger partial charge on any atom is -0.403 e. The van der Waals surface area contributed by atoms with Crippen LogP contribution in [0.4, 0.5) is 13.2 Å². The summed E-state index contributed by atoms with van der Waals surface area (Å²) in [4.78, 5) is 0. The van der Waals surface area contributed by atoms with E-state index in [0.717, 1.165) is 0 Å². The lowest BCUT2D eigenvalue weighted by atomic mass is 9.65. The quantitative estimate of drug-likeness (QED) is 0.647. The van der Waals surface area contributed by atoms with Crippen molar-refractivity contribution in [2.75, 3.05) is 0 Å². The van der Waals surface area contributed by atoms with Gasteiger partial charge in [0.15, 0.2) is 0 Å². The third-order valence-electron chi connectivity index (χ3n) is 2.08. The second-order valence-electron chi connectivity index (χ2n) is 3.08. The molecule has 0 saturated heterocycles. The first-order chi connectivity index (χ1) is 7.18. The van der Waals surface area contributed by atoms with Gasteiger partial charge in [0.1, 0.15) is 5.73 Å². The van der Waals surface area contributed by atoms with Crippen LogP contribution in [0.15, 0.2) is 48.1 Å². The molecule has 0 N–H and O–H groups in total. The van der Waals surface area contributed by atoms with E-state index in [4.69, 9.17) is 0 Å². The summed E-state index contributed by atoms with van der Waals surface area (Å²) in [7, 11) is -0.415. The zero-order chi connectivity index (χ0) is 10.8. The van der Waals surface area contributed by atoms with Crippen LogP contribution in [0.2, 0.25) is 0 Å². The van der Waals surface area contributed by atoms with Gasteiger partial charge in [0.25, 0.3) is 6.01 Å². The Morgan fingerprint density at radius 3 is 2.27 bits per heavy atom. The fourth-order valence-corrected chi connectivity index (χ4v) is 1.34. The molecule has 0 radical (unpaired) electrons. The Morgan fingerprint density at radius 1 is 0.933 bits per heavy atom. The molecule has 1 heterocycles. The van der Waals surface area contributed by atoms with Gasteiger partial charge in [0.2, 0.25) is 7.28 Å². The van der Waals surface area contributed by atoms with Crippen molar-refractivity contribution in [1.82, 2.24) is 0 Å². The molecule has 0 unspecified atom stereocenters. The lowest BCUT2D eigenvalue weighted by Crippen LogP contribution is -2.09. The van der Waals surface area contributed by atoms with E-state index in [1.165, 1.54) is 0 Å². The van der Waals surface area contributed by atoms with Gasteiger partial charge in [-0.25, -0.2) is 4.39 Å². The minimum atomic E-state index is -1.49. The molecule has 1 aliphatic rings. The maximum atomic E-state index is 13.2. The fraction of sp³-hybridized carbons (Fsp3) is 0. The zero-order valence-corrected chi connectivity index (χ0v) is 7.64. The molecule has 0 atom stereocenters. The van der Waals surface area contributed by atoms with Gasteiger partial charge >= 0.3 is 6.01 Å². The fourth-order valence-electron chi connectivity index (χ4n) is 1.34. The Bertz CT molecular complexity index is 439. The monoisotopic (exact) mass is 210 g/mol. The summed E-state index contributed by atoms with van der Waals surface area (Å²) in [5, 5.41) is 0. The lowest BCUT2D eigenvalue weighted by Gasteiger charge is -2.13. The molecule has 0 aliphatic carbocycles. The Balaban J connectivity index is 2.36. The van der Waals surface area contributed by atoms with Crippen molar-refractivity contribution in [1.29, 1.82) is 0 Å². The maximum absolute atomic E-state index is 13.2. The first-order valence-corrected chi connectivity index (χ1v) is 4.34. The van der Waals surface area contributed by atoms with Crippen molar-refractivity contribution in [2.45, 2.75) is 0 Å². The molecule has 76 valence electrons. The second-order valence-corrected chi connectivity index (χ2v) is 3.08. The summed E-state index contributed by atoms with van der Waals surface area (Å²) in [6.07, 6.45) is 0. The molecule has 0 fully saturated rings. The predicted octanol–water partition coefficient (Wildman–Crippen LogP) is 2.81. The van der Waals surface area contributed by atoms with E-state index in [0.29, 0.717) is 5.56 Å². The highest BCUT2D eigenvalue weighted by atomic mass is 19.2. The highest BCUT2D eigenvalue weighted by molar-refractivity contribution is 6.67. The van der Waals surface area contributed by atoms with Crippen LogP contribution in [0.1, 0.15) is 5.56 Å². The van der Waals surface area contributed by atoms with E-state index in [2.05, 4.69) is 4.74 Å². The third kappa shape index (κ3) is 1.91. The van der Waals surface area contributed by atoms with Crippen molar-refractivity contribution in [3.8, 4) is 0 Å². The van der Waals surface area contributed by atoms with E-state index in [1.54, 1.807) is 30.3 Å². The van der Waals surface area contributed by atoms with Crippen LogP contribution < -0.4 is 0 Å². The van der Waals surface area contributed by atoms with E-state index < -0.39 is 25.0 Å². The summed E-state index contributed by atoms with van der Waals surface area (Å²) in [5.74, 6) is 0. The van der Waals surface area contributed by atoms with Crippen LogP contribution in [-0.2, 0) is 4.74 Å². The van der Waals surface area contributed by atoms with E-state index >= 15 is 0 Å². The minimum absolute atomic E-state index is 0.0227. The van der Waals surface area contributed by atoms with Crippen LogP contribution in [-0.4, -0.2) is 7.28 Å². The normalized spacial score (nSPS) is 16.2. The smallest absolute Gasteiger partial charge is 0.302 e. The van der Waals surface area contributed by atoms with Gasteiger partial charge in [-0.05, 0) is 5.56 Å². The molecule has 1 aromatic rings. The van der Waals surface area contributed by atoms with Gasteiger partial charge in [-0.3, -0.25) is 0 Å². The van der Waals surface area contributed by atoms with Gasteiger partial charge < -0.3 is 4.74 Å². The Labute approximate surface area is 85.1 Å². The van der Waals surface area contributed by atoms with Gasteiger partial charge in [-0.1, -0.05) is 30.3 Å². The van der Waals surface area contributed by atoms with Crippen molar-refractivity contribution in [3.05, 3.63) is 53.6 Å². The second kappa shape index (κ2) is 3.84. The van der Waals surface area contributed by atoms with Crippen LogP contribution >= 0.6 is 0 Å². The predicted molar refractivity (Wildman–Crippen MR) is 51.9 cm³/mol. The number of rotatable bonds is 1. The number of ether oxygens (including phenoxy) is 1. The van der Waals surface area contributed by atoms with E-state index in [9.17, 15) is 13.2 Å². The molecule has 5 heteroatoms. The van der Waals surface area contributed by atoms with Crippen LogP contribution in [0, 0.1) is 0 Å². The number of benzene rings is 1. The van der Waals surface area contributed by atoms with Crippen LogP contribution in [0.3, 0.4) is 0 Å². The van der Waals surface area contributed by atoms with Gasteiger partial charge in [0, 0.05) is 5.47 Å². The van der Waals surface area contributed by atoms with Crippen molar-refractivity contribution in [3.63, 3.8) is 0 Å².